The van der Waals surface area contributed by atoms with Gasteiger partial charge in [0.2, 0.25) is 26.4 Å². The summed E-state index contributed by atoms with van der Waals surface area (Å²) in [6.07, 6.45) is 1.08. The number of β-lactam (4-membered cyclic amide) rings is 1. The molecule has 2 aromatic rings. The number of benzene rings is 2. The van der Waals surface area contributed by atoms with Crippen molar-refractivity contribution < 1.29 is 22.7 Å². The van der Waals surface area contributed by atoms with E-state index in [1.165, 1.54) is 31.4 Å². The third-order valence-corrected chi connectivity index (χ3v) is 8.24. The summed E-state index contributed by atoms with van der Waals surface area (Å²) in [6.45, 7) is -0.129. The van der Waals surface area contributed by atoms with Crippen LogP contribution in [0.15, 0.2) is 46.9 Å². The number of ketones is 1. The lowest BCUT2D eigenvalue weighted by atomic mass is 9.99. The second-order valence-corrected chi connectivity index (χ2v) is 10.0. The number of nitrogens with two attached hydrogens (primary N) is 1. The van der Waals surface area contributed by atoms with Crippen LogP contribution in [-0.4, -0.2) is 43.5 Å². The van der Waals surface area contributed by atoms with E-state index < -0.39 is 32.8 Å². The van der Waals surface area contributed by atoms with E-state index in [0.29, 0.717) is 16.3 Å². The molecular weight excluding hydrogens is 451 g/mol. The average Bonchev–Trinajstić information content (AvgIpc) is 2.92. The third-order valence-electron chi connectivity index (χ3n) is 5.35. The van der Waals surface area contributed by atoms with Gasteiger partial charge < -0.3 is 15.4 Å². The highest BCUT2D eigenvalue weighted by atomic mass is 35.5. The summed E-state index contributed by atoms with van der Waals surface area (Å²) in [4.78, 5) is 24.5. The molecule has 30 heavy (non-hydrogen) atoms. The zero-order valence-electron chi connectivity index (χ0n) is 15.7. The minimum absolute atomic E-state index is 0.0659. The van der Waals surface area contributed by atoms with Crippen LogP contribution in [0.4, 0.5) is 5.69 Å². The van der Waals surface area contributed by atoms with E-state index >= 15 is 0 Å². The van der Waals surface area contributed by atoms with Crippen molar-refractivity contribution in [2.45, 2.75) is 16.2 Å². The third kappa shape index (κ3) is 2.82. The highest BCUT2D eigenvalue weighted by Gasteiger charge is 2.69. The summed E-state index contributed by atoms with van der Waals surface area (Å²) in [5.41, 5.74) is 6.49. The number of hydrogen-bond donors (Lipinski definition) is 1. The molecule has 0 bridgehead atoms. The SMILES string of the molecule is COc1ccc(Cl)cc1C=C1CN2C(=O)CC2(S(=O)(=O)c2ccc(Cl)c(N)c2)C1=O. The van der Waals surface area contributed by atoms with Crippen LogP contribution in [0.2, 0.25) is 10.0 Å². The Morgan fingerprint density at radius 2 is 1.90 bits per heavy atom. The smallest absolute Gasteiger partial charge is 0.228 e. The number of hydrogen-bond acceptors (Lipinski definition) is 6. The standard InChI is InChI=1S/C20H16Cl2N2O5S/c1-29-17-5-2-13(21)7-11(17)6-12-10-24-18(25)9-20(24,19(12)26)30(27,28)14-3-4-15(22)16(23)8-14/h2-8H,9-10,23H2,1H3. The first-order chi connectivity index (χ1) is 14.1. The Labute approximate surface area is 182 Å². The zero-order valence-corrected chi connectivity index (χ0v) is 18.0. The molecular formula is C20H16Cl2N2O5S. The van der Waals surface area contributed by atoms with Gasteiger partial charge in [0.15, 0.2) is 0 Å². The van der Waals surface area contributed by atoms with Crippen molar-refractivity contribution in [2.24, 2.45) is 0 Å². The van der Waals surface area contributed by atoms with Gasteiger partial charge in [0.1, 0.15) is 5.75 Å². The fourth-order valence-corrected chi connectivity index (χ4v) is 6.14. The number of halogens is 2. The summed E-state index contributed by atoms with van der Waals surface area (Å²) in [5.74, 6) is -0.615. The van der Waals surface area contributed by atoms with Crippen molar-refractivity contribution >= 4 is 56.5 Å². The molecule has 0 aromatic heterocycles. The number of nitrogen functional groups attached to an aromatic ring is 1. The molecule has 0 saturated carbocycles. The van der Waals surface area contributed by atoms with E-state index in [4.69, 9.17) is 33.7 Å². The summed E-state index contributed by atoms with van der Waals surface area (Å²) >= 11 is 11.9. The molecule has 10 heteroatoms. The van der Waals surface area contributed by atoms with E-state index in [2.05, 4.69) is 0 Å². The van der Waals surface area contributed by atoms with Gasteiger partial charge in [-0.25, -0.2) is 8.42 Å². The number of fused-ring (bicyclic) bond motifs is 1. The van der Waals surface area contributed by atoms with E-state index in [9.17, 15) is 18.0 Å². The first-order valence-corrected chi connectivity index (χ1v) is 11.0. The zero-order chi connectivity index (χ0) is 21.8. The maximum atomic E-state index is 13.4. The Kier molecular flexibility index (Phi) is 4.84. The molecule has 2 saturated heterocycles. The monoisotopic (exact) mass is 466 g/mol. The van der Waals surface area contributed by atoms with Crippen LogP contribution in [-0.2, 0) is 19.4 Å². The predicted octanol–water partition coefficient (Wildman–Crippen LogP) is 2.95. The molecule has 7 nitrogen and oxygen atoms in total. The van der Waals surface area contributed by atoms with Gasteiger partial charge in [-0.15, -0.1) is 0 Å². The Bertz CT molecular complexity index is 1240. The number of rotatable bonds is 4. The molecule has 2 N–H and O–H groups in total. The lowest BCUT2D eigenvalue weighted by Gasteiger charge is -2.44. The summed E-state index contributed by atoms with van der Waals surface area (Å²) in [7, 11) is -2.78. The molecule has 0 aliphatic carbocycles. The molecule has 1 atom stereocenters. The first kappa shape index (κ1) is 20.7. The van der Waals surface area contributed by atoms with E-state index in [1.807, 2.05) is 0 Å². The molecule has 156 valence electrons. The van der Waals surface area contributed by atoms with E-state index in [0.717, 1.165) is 4.90 Å². The summed E-state index contributed by atoms with van der Waals surface area (Å²) in [5, 5.41) is 0.616. The van der Waals surface area contributed by atoms with Crippen LogP contribution < -0.4 is 10.5 Å². The van der Waals surface area contributed by atoms with Gasteiger partial charge in [-0.3, -0.25) is 9.59 Å². The van der Waals surface area contributed by atoms with Gasteiger partial charge in [0, 0.05) is 16.2 Å². The highest BCUT2D eigenvalue weighted by Crippen LogP contribution is 2.48. The number of Topliss-reactive ketones (excluding diaryl/α,β-unsaturated/α-hetero) is 1. The fraction of sp³-hybridized carbons (Fsp3) is 0.200. The molecule has 2 aliphatic rings. The van der Waals surface area contributed by atoms with Gasteiger partial charge >= 0.3 is 0 Å². The first-order valence-electron chi connectivity index (χ1n) is 8.81. The average molecular weight is 467 g/mol. The molecule has 1 unspecified atom stereocenters. The molecule has 0 spiro atoms. The summed E-state index contributed by atoms with van der Waals surface area (Å²) < 4.78 is 32.1. The molecule has 2 aliphatic heterocycles. The topological polar surface area (TPSA) is 107 Å². The lowest BCUT2D eigenvalue weighted by molar-refractivity contribution is -0.150. The van der Waals surface area contributed by atoms with Gasteiger partial charge in [-0.05, 0) is 42.5 Å². The van der Waals surface area contributed by atoms with E-state index in [-0.39, 0.29) is 27.7 Å². The minimum atomic E-state index is -4.25. The van der Waals surface area contributed by atoms with Gasteiger partial charge in [0.25, 0.3) is 0 Å². The summed E-state index contributed by atoms with van der Waals surface area (Å²) in [6, 6.07) is 8.68. The molecule has 0 radical (unpaired) electrons. The van der Waals surface area contributed by atoms with Crippen molar-refractivity contribution in [3.8, 4) is 5.75 Å². The van der Waals surface area contributed by atoms with Crippen LogP contribution in [0.1, 0.15) is 12.0 Å². The van der Waals surface area contributed by atoms with Crippen LogP contribution in [0, 0.1) is 0 Å². The maximum Gasteiger partial charge on any atom is 0.228 e. The van der Waals surface area contributed by atoms with Crippen LogP contribution in [0.3, 0.4) is 0 Å². The molecule has 4 rings (SSSR count). The van der Waals surface area contributed by atoms with Crippen molar-refractivity contribution in [3.63, 3.8) is 0 Å². The van der Waals surface area contributed by atoms with Crippen LogP contribution >= 0.6 is 23.2 Å². The number of sulfone groups is 1. The van der Waals surface area contributed by atoms with Crippen LogP contribution in [0.5, 0.6) is 5.75 Å². The fourth-order valence-electron chi connectivity index (χ4n) is 3.78. The van der Waals surface area contributed by atoms with Crippen molar-refractivity contribution in [3.05, 3.63) is 57.6 Å². The number of carbonyl (C=O) groups excluding carboxylic acids is 2. The number of ether oxygens (including phenoxy) is 1. The molecule has 2 fully saturated rings. The number of amides is 1. The Balaban J connectivity index is 1.82. The molecule has 1 amide bonds. The van der Waals surface area contributed by atoms with Crippen molar-refractivity contribution in [1.29, 1.82) is 0 Å². The Morgan fingerprint density at radius 1 is 1.17 bits per heavy atom. The molecule has 2 aromatic carbocycles. The highest BCUT2D eigenvalue weighted by molar-refractivity contribution is 7.93. The van der Waals surface area contributed by atoms with Crippen molar-refractivity contribution in [1.82, 2.24) is 4.90 Å². The predicted molar refractivity (Wildman–Crippen MR) is 113 cm³/mol. The van der Waals surface area contributed by atoms with Gasteiger partial charge in [-0.1, -0.05) is 23.2 Å². The van der Waals surface area contributed by atoms with Crippen LogP contribution in [0.25, 0.3) is 6.08 Å². The number of methoxy groups -OCH3 is 1. The number of nitrogens with zero attached hydrogens (tertiary/aromatic N) is 1. The second-order valence-electron chi connectivity index (χ2n) is 7.01. The quantitative estimate of drug-likeness (QED) is 0.421. The number of anilines is 1. The van der Waals surface area contributed by atoms with Crippen molar-refractivity contribution in [2.75, 3.05) is 19.4 Å². The Morgan fingerprint density at radius 3 is 2.53 bits per heavy atom. The largest absolute Gasteiger partial charge is 0.496 e. The normalized spacial score (nSPS) is 22.2. The lowest BCUT2D eigenvalue weighted by Crippen LogP contribution is -2.67. The number of carbonyl (C=O) groups is 2. The second kappa shape index (κ2) is 7.01. The van der Waals surface area contributed by atoms with Gasteiger partial charge in [-0.2, -0.15) is 0 Å². The minimum Gasteiger partial charge on any atom is -0.496 e. The maximum absolute atomic E-state index is 13.4. The molecule has 2 heterocycles. The van der Waals surface area contributed by atoms with E-state index in [1.54, 1.807) is 18.2 Å². The Hall–Kier alpha value is -2.55. The van der Waals surface area contributed by atoms with Gasteiger partial charge in [0.05, 0.1) is 35.7 Å².